The molecule has 84 valence electrons. The highest BCUT2D eigenvalue weighted by Crippen LogP contribution is 2.15. The molecule has 0 saturated heterocycles. The van der Waals surface area contributed by atoms with Crippen molar-refractivity contribution in [2.24, 2.45) is 0 Å². The predicted octanol–water partition coefficient (Wildman–Crippen LogP) is 2.70. The van der Waals surface area contributed by atoms with E-state index in [1.54, 1.807) is 0 Å². The number of aliphatic hydroxyl groups is 1. The highest BCUT2D eigenvalue weighted by Gasteiger charge is 2.00. The first kappa shape index (κ1) is 12.7. The van der Waals surface area contributed by atoms with Crippen molar-refractivity contribution in [1.29, 1.82) is 0 Å². The van der Waals surface area contributed by atoms with Crippen LogP contribution in [0.15, 0.2) is 28.7 Å². The van der Waals surface area contributed by atoms with E-state index in [1.807, 2.05) is 25.1 Å². The van der Waals surface area contributed by atoms with Crippen LogP contribution in [0.1, 0.15) is 25.3 Å². The summed E-state index contributed by atoms with van der Waals surface area (Å²) in [6, 6.07) is 8.17. The van der Waals surface area contributed by atoms with Gasteiger partial charge in [0.2, 0.25) is 0 Å². The van der Waals surface area contributed by atoms with Gasteiger partial charge in [-0.25, -0.2) is 0 Å². The second-order valence-corrected chi connectivity index (χ2v) is 4.47. The molecule has 0 saturated carbocycles. The van der Waals surface area contributed by atoms with Crippen LogP contribution < -0.4 is 5.32 Å². The lowest BCUT2D eigenvalue weighted by Gasteiger charge is -2.09. The molecule has 0 bridgehead atoms. The Bertz CT molecular complexity index is 291. The third kappa shape index (κ3) is 4.78. The lowest BCUT2D eigenvalue weighted by atomic mass is 10.2. The molecule has 3 heteroatoms. The summed E-state index contributed by atoms with van der Waals surface area (Å²) in [5.74, 6) is 0. The summed E-state index contributed by atoms with van der Waals surface area (Å²) in [5.41, 5.74) is 1.25. The van der Waals surface area contributed by atoms with Crippen LogP contribution in [0.2, 0.25) is 0 Å². The maximum atomic E-state index is 9.36. The summed E-state index contributed by atoms with van der Waals surface area (Å²) in [7, 11) is 0. The average molecular weight is 272 g/mol. The topological polar surface area (TPSA) is 32.3 Å². The van der Waals surface area contributed by atoms with Crippen molar-refractivity contribution in [3.8, 4) is 0 Å². The van der Waals surface area contributed by atoms with Gasteiger partial charge >= 0.3 is 0 Å². The standard InChI is InChI=1S/C12H18BrNO/c1-2-11(15)7-8-14-9-10-5-3-4-6-12(10)13/h3-6,11,14-15H,2,7-9H2,1H3. The van der Waals surface area contributed by atoms with Crippen LogP contribution in [0.4, 0.5) is 0 Å². The first-order chi connectivity index (χ1) is 7.24. The number of hydrogen-bond donors (Lipinski definition) is 2. The van der Waals surface area contributed by atoms with Crippen molar-refractivity contribution < 1.29 is 5.11 Å². The normalized spacial score (nSPS) is 12.7. The Morgan fingerprint density at radius 2 is 2.13 bits per heavy atom. The van der Waals surface area contributed by atoms with Gasteiger partial charge in [0.15, 0.2) is 0 Å². The van der Waals surface area contributed by atoms with Crippen molar-refractivity contribution in [3.63, 3.8) is 0 Å². The van der Waals surface area contributed by atoms with Crippen molar-refractivity contribution >= 4 is 15.9 Å². The molecule has 0 amide bonds. The number of hydrogen-bond acceptors (Lipinski definition) is 2. The third-order valence-corrected chi connectivity index (χ3v) is 3.17. The number of halogens is 1. The molecule has 15 heavy (non-hydrogen) atoms. The van der Waals surface area contributed by atoms with Crippen LogP contribution in [0.5, 0.6) is 0 Å². The van der Waals surface area contributed by atoms with Crippen LogP contribution in [0.3, 0.4) is 0 Å². The van der Waals surface area contributed by atoms with Gasteiger partial charge in [0.1, 0.15) is 0 Å². The van der Waals surface area contributed by atoms with E-state index in [0.717, 1.165) is 30.4 Å². The molecule has 1 atom stereocenters. The van der Waals surface area contributed by atoms with E-state index in [1.165, 1.54) is 5.56 Å². The zero-order chi connectivity index (χ0) is 11.1. The minimum Gasteiger partial charge on any atom is -0.393 e. The molecule has 0 fully saturated rings. The van der Waals surface area contributed by atoms with E-state index in [9.17, 15) is 5.11 Å². The fourth-order valence-corrected chi connectivity index (χ4v) is 1.76. The summed E-state index contributed by atoms with van der Waals surface area (Å²) in [5, 5.41) is 12.7. The number of benzene rings is 1. The molecule has 0 radical (unpaired) electrons. The first-order valence-corrected chi connectivity index (χ1v) is 6.15. The van der Waals surface area contributed by atoms with Crippen LogP contribution in [0.25, 0.3) is 0 Å². The van der Waals surface area contributed by atoms with Gasteiger partial charge < -0.3 is 10.4 Å². The Hall–Kier alpha value is -0.380. The minimum atomic E-state index is -0.170. The fraction of sp³-hybridized carbons (Fsp3) is 0.500. The zero-order valence-corrected chi connectivity index (χ0v) is 10.6. The minimum absolute atomic E-state index is 0.170. The van der Waals surface area contributed by atoms with Gasteiger partial charge in [-0.3, -0.25) is 0 Å². The van der Waals surface area contributed by atoms with Crippen molar-refractivity contribution in [2.45, 2.75) is 32.4 Å². The number of nitrogens with one attached hydrogen (secondary N) is 1. The molecule has 1 unspecified atom stereocenters. The van der Waals surface area contributed by atoms with Gasteiger partial charge in [0, 0.05) is 11.0 Å². The molecule has 1 rings (SSSR count). The van der Waals surface area contributed by atoms with Crippen molar-refractivity contribution in [3.05, 3.63) is 34.3 Å². The molecular weight excluding hydrogens is 254 g/mol. The third-order valence-electron chi connectivity index (χ3n) is 2.40. The van der Waals surface area contributed by atoms with Gasteiger partial charge in [0.25, 0.3) is 0 Å². The second-order valence-electron chi connectivity index (χ2n) is 3.62. The molecule has 0 aliphatic rings. The molecule has 1 aromatic rings. The van der Waals surface area contributed by atoms with Crippen molar-refractivity contribution in [2.75, 3.05) is 6.54 Å². The van der Waals surface area contributed by atoms with E-state index < -0.39 is 0 Å². The summed E-state index contributed by atoms with van der Waals surface area (Å²) in [4.78, 5) is 0. The van der Waals surface area contributed by atoms with E-state index in [-0.39, 0.29) is 6.10 Å². The molecule has 0 aliphatic heterocycles. The smallest absolute Gasteiger partial charge is 0.0549 e. The second kappa shape index (κ2) is 6.99. The van der Waals surface area contributed by atoms with E-state index >= 15 is 0 Å². The van der Waals surface area contributed by atoms with Gasteiger partial charge in [-0.15, -0.1) is 0 Å². The number of aliphatic hydroxyl groups excluding tert-OH is 1. The van der Waals surface area contributed by atoms with Crippen LogP contribution in [0, 0.1) is 0 Å². The van der Waals surface area contributed by atoms with E-state index in [0.29, 0.717) is 0 Å². The Balaban J connectivity index is 2.23. The molecule has 2 N–H and O–H groups in total. The quantitative estimate of drug-likeness (QED) is 0.780. The maximum Gasteiger partial charge on any atom is 0.0549 e. The molecular formula is C12H18BrNO. The highest BCUT2D eigenvalue weighted by molar-refractivity contribution is 9.10. The summed E-state index contributed by atoms with van der Waals surface area (Å²) < 4.78 is 1.13. The van der Waals surface area contributed by atoms with Gasteiger partial charge in [-0.1, -0.05) is 41.1 Å². The molecule has 0 heterocycles. The highest BCUT2D eigenvalue weighted by atomic mass is 79.9. The predicted molar refractivity (Wildman–Crippen MR) is 66.8 cm³/mol. The Kier molecular flexibility index (Phi) is 5.91. The van der Waals surface area contributed by atoms with E-state index in [4.69, 9.17) is 0 Å². The van der Waals surface area contributed by atoms with Gasteiger partial charge in [-0.05, 0) is 31.0 Å². The monoisotopic (exact) mass is 271 g/mol. The summed E-state index contributed by atoms with van der Waals surface area (Å²) >= 11 is 3.50. The molecule has 0 aliphatic carbocycles. The van der Waals surface area contributed by atoms with Crippen LogP contribution in [-0.4, -0.2) is 17.8 Å². The summed E-state index contributed by atoms with van der Waals surface area (Å²) in [6.45, 7) is 3.70. The average Bonchev–Trinajstić information content (AvgIpc) is 2.26. The Morgan fingerprint density at radius 3 is 2.80 bits per heavy atom. The first-order valence-electron chi connectivity index (χ1n) is 5.36. The molecule has 2 nitrogen and oxygen atoms in total. The largest absolute Gasteiger partial charge is 0.393 e. The number of rotatable bonds is 6. The zero-order valence-electron chi connectivity index (χ0n) is 9.04. The van der Waals surface area contributed by atoms with Crippen LogP contribution in [-0.2, 0) is 6.54 Å². The van der Waals surface area contributed by atoms with E-state index in [2.05, 4.69) is 27.3 Å². The van der Waals surface area contributed by atoms with Crippen molar-refractivity contribution in [1.82, 2.24) is 5.32 Å². The van der Waals surface area contributed by atoms with Crippen LogP contribution >= 0.6 is 15.9 Å². The fourth-order valence-electron chi connectivity index (χ4n) is 1.34. The molecule has 1 aromatic carbocycles. The maximum absolute atomic E-state index is 9.36. The molecule has 0 aromatic heterocycles. The van der Waals surface area contributed by atoms with Gasteiger partial charge in [-0.2, -0.15) is 0 Å². The molecule has 0 spiro atoms. The Labute approximate surface area is 99.8 Å². The lowest BCUT2D eigenvalue weighted by molar-refractivity contribution is 0.159. The SMILES string of the molecule is CCC(O)CCNCc1ccccc1Br. The summed E-state index contributed by atoms with van der Waals surface area (Å²) in [6.07, 6.45) is 1.48. The van der Waals surface area contributed by atoms with Gasteiger partial charge in [0.05, 0.1) is 6.10 Å². The Morgan fingerprint density at radius 1 is 1.40 bits per heavy atom. The lowest BCUT2D eigenvalue weighted by Crippen LogP contribution is -2.19.